The summed E-state index contributed by atoms with van der Waals surface area (Å²) in [4.78, 5) is 8.35. The molecule has 0 aliphatic rings. The zero-order valence-electron chi connectivity index (χ0n) is 3.36. The third-order valence-electron chi connectivity index (χ3n) is 0. The number of hydrogen-bond acceptors (Lipinski definition) is 3. The first-order valence-electron chi connectivity index (χ1n) is 1.18. The van der Waals surface area contributed by atoms with Crippen LogP contribution in [0.2, 0.25) is 0 Å². The second-order valence-electron chi connectivity index (χ2n) is 0.326. The fourth-order valence-corrected chi connectivity index (χ4v) is 0. The van der Waals surface area contributed by atoms with Crippen LogP contribution in [-0.2, 0) is 4.79 Å². The summed E-state index contributed by atoms with van der Waals surface area (Å²) in [7, 11) is 0. The number of carbonyl (C=O) groups excluding carboxylic acids is 1. The summed E-state index contributed by atoms with van der Waals surface area (Å²) in [6.07, 6.45) is 0.750. The molecule has 0 amide bonds. The molecular formula is C3H4N2O. The Balaban J connectivity index is 0. The van der Waals surface area contributed by atoms with E-state index in [1.807, 2.05) is 0 Å². The molecule has 3 nitrogen and oxygen atoms in total. The Kier molecular flexibility index (Phi) is 62.2. The van der Waals surface area contributed by atoms with E-state index in [1.165, 1.54) is 6.92 Å². The van der Waals surface area contributed by atoms with Gasteiger partial charge in [-0.3, -0.25) is 0 Å². The van der Waals surface area contributed by atoms with E-state index < -0.39 is 0 Å². The van der Waals surface area contributed by atoms with Gasteiger partial charge < -0.3 is 0 Å². The first-order chi connectivity index (χ1) is 2.83. The highest BCUT2D eigenvalue weighted by molar-refractivity contribution is 5.26. The number of nitrogens with one attached hydrogen (secondary N) is 1. The minimum absolute atomic E-state index is 0.750. The van der Waals surface area contributed by atoms with Crippen LogP contribution in [0.4, 0.5) is 0 Å². The standard InChI is InChI=1S/C2H3N.CHNO/c1-2-3;2-1-3/h1H3;2H. The average Bonchev–Trinajstić information content (AvgIpc) is 1.39. The molecule has 0 fully saturated rings. The van der Waals surface area contributed by atoms with E-state index >= 15 is 0 Å². The first-order valence-corrected chi connectivity index (χ1v) is 1.18. The van der Waals surface area contributed by atoms with Crippen molar-refractivity contribution in [2.75, 3.05) is 0 Å². The van der Waals surface area contributed by atoms with E-state index in [-0.39, 0.29) is 0 Å². The van der Waals surface area contributed by atoms with Crippen molar-refractivity contribution < 1.29 is 4.79 Å². The van der Waals surface area contributed by atoms with E-state index in [4.69, 9.17) is 15.5 Å². The van der Waals surface area contributed by atoms with Crippen LogP contribution in [0.3, 0.4) is 0 Å². The van der Waals surface area contributed by atoms with Gasteiger partial charge in [0.2, 0.25) is 6.08 Å². The number of hydrogen-bond donors (Lipinski definition) is 1. The third-order valence-corrected chi connectivity index (χ3v) is 0. The quantitative estimate of drug-likeness (QED) is 0.341. The van der Waals surface area contributed by atoms with Crippen molar-refractivity contribution in [1.82, 2.24) is 0 Å². The molecule has 0 spiro atoms. The van der Waals surface area contributed by atoms with Crippen LogP contribution in [0, 0.1) is 16.7 Å². The zero-order chi connectivity index (χ0) is 5.41. The summed E-state index contributed by atoms with van der Waals surface area (Å²) in [5.74, 6) is 0. The number of nitrogens with zero attached hydrogens (tertiary/aromatic N) is 1. The first kappa shape index (κ1) is 8.85. The van der Waals surface area contributed by atoms with Crippen molar-refractivity contribution >= 4 is 6.08 Å². The molecule has 0 heterocycles. The number of isocyanates is 1. The normalized spacial score (nSPS) is 2.67. The fourth-order valence-electron chi connectivity index (χ4n) is 0. The molecule has 0 saturated heterocycles. The van der Waals surface area contributed by atoms with Gasteiger partial charge in [-0.1, -0.05) is 0 Å². The van der Waals surface area contributed by atoms with Gasteiger partial charge in [-0.2, -0.15) is 5.26 Å². The maximum atomic E-state index is 8.35. The number of rotatable bonds is 0. The molecule has 0 aromatic heterocycles. The van der Waals surface area contributed by atoms with Crippen LogP contribution >= 0.6 is 0 Å². The maximum Gasteiger partial charge on any atom is 0.231 e. The predicted molar refractivity (Wildman–Crippen MR) is 19.7 cm³/mol. The van der Waals surface area contributed by atoms with Crippen LogP contribution in [0.15, 0.2) is 0 Å². The molecular weight excluding hydrogens is 80.0 g/mol. The van der Waals surface area contributed by atoms with Crippen molar-refractivity contribution in [2.45, 2.75) is 6.92 Å². The molecule has 0 radical (unpaired) electrons. The highest BCUT2D eigenvalue weighted by atomic mass is 16.1. The Labute approximate surface area is 35.7 Å². The van der Waals surface area contributed by atoms with Gasteiger partial charge in [-0.05, 0) is 0 Å². The molecule has 6 heavy (non-hydrogen) atoms. The van der Waals surface area contributed by atoms with Crippen LogP contribution in [0.1, 0.15) is 6.92 Å². The third kappa shape index (κ3) is 7.86. The van der Waals surface area contributed by atoms with Crippen molar-refractivity contribution in [3.05, 3.63) is 0 Å². The Morgan fingerprint density at radius 1 is 1.83 bits per heavy atom. The van der Waals surface area contributed by atoms with Gasteiger partial charge in [0.05, 0.1) is 6.07 Å². The molecule has 0 aromatic rings. The lowest BCUT2D eigenvalue weighted by Gasteiger charge is -1.15. The van der Waals surface area contributed by atoms with Gasteiger partial charge in [0.15, 0.2) is 0 Å². The van der Waals surface area contributed by atoms with Crippen molar-refractivity contribution in [3.8, 4) is 6.07 Å². The molecule has 0 saturated carbocycles. The van der Waals surface area contributed by atoms with Gasteiger partial charge >= 0.3 is 0 Å². The Hall–Kier alpha value is -1.13. The van der Waals surface area contributed by atoms with Crippen LogP contribution in [0.5, 0.6) is 0 Å². The number of nitriles is 1. The molecule has 32 valence electrons. The molecule has 0 aromatic carbocycles. The topological polar surface area (TPSA) is 64.7 Å². The van der Waals surface area contributed by atoms with Gasteiger partial charge in [0, 0.05) is 6.92 Å². The van der Waals surface area contributed by atoms with E-state index in [0.29, 0.717) is 0 Å². The van der Waals surface area contributed by atoms with Gasteiger partial charge in [0.25, 0.3) is 0 Å². The Morgan fingerprint density at radius 3 is 1.83 bits per heavy atom. The Morgan fingerprint density at radius 2 is 1.83 bits per heavy atom. The van der Waals surface area contributed by atoms with E-state index in [0.717, 1.165) is 6.08 Å². The summed E-state index contributed by atoms with van der Waals surface area (Å²) >= 11 is 0. The summed E-state index contributed by atoms with van der Waals surface area (Å²) in [6, 6.07) is 1.75. The largest absolute Gasteiger partial charge is 0.231 e. The molecule has 0 rings (SSSR count). The second kappa shape index (κ2) is 42.1. The van der Waals surface area contributed by atoms with Gasteiger partial charge in [-0.25, -0.2) is 10.2 Å². The smallest absolute Gasteiger partial charge is 0.222 e. The lowest BCUT2D eigenvalue weighted by molar-refractivity contribution is 0.563. The van der Waals surface area contributed by atoms with Crippen LogP contribution < -0.4 is 0 Å². The minimum Gasteiger partial charge on any atom is -0.222 e. The molecule has 0 atom stereocenters. The molecule has 3 heteroatoms. The molecule has 0 bridgehead atoms. The van der Waals surface area contributed by atoms with Crippen LogP contribution in [-0.4, -0.2) is 6.08 Å². The van der Waals surface area contributed by atoms with Gasteiger partial charge in [-0.15, -0.1) is 0 Å². The summed E-state index contributed by atoms with van der Waals surface area (Å²) in [5.41, 5.74) is 0. The minimum atomic E-state index is 0.750. The highest BCUT2D eigenvalue weighted by Crippen LogP contribution is 1.21. The molecule has 0 aliphatic carbocycles. The predicted octanol–water partition coefficient (Wildman–Crippen LogP) is 0.431. The van der Waals surface area contributed by atoms with Crippen molar-refractivity contribution in [1.29, 1.82) is 10.7 Å². The lowest BCUT2D eigenvalue weighted by atomic mass is 11.0. The molecule has 1 N–H and O–H groups in total. The zero-order valence-corrected chi connectivity index (χ0v) is 3.36. The van der Waals surface area contributed by atoms with Crippen molar-refractivity contribution in [2.24, 2.45) is 0 Å². The fraction of sp³-hybridized carbons (Fsp3) is 0.333. The Bertz CT molecular complexity index is 75.3. The van der Waals surface area contributed by atoms with E-state index in [1.54, 1.807) is 6.07 Å². The maximum absolute atomic E-state index is 8.35. The van der Waals surface area contributed by atoms with E-state index in [2.05, 4.69) is 0 Å². The lowest BCUT2D eigenvalue weighted by Crippen LogP contribution is -1.16. The SMILES string of the molecule is CC#N.N=C=O. The summed E-state index contributed by atoms with van der Waals surface area (Å²) < 4.78 is 0. The summed E-state index contributed by atoms with van der Waals surface area (Å²) in [5, 5.41) is 12.7. The molecule has 0 aliphatic heterocycles. The second-order valence-corrected chi connectivity index (χ2v) is 0.326. The summed E-state index contributed by atoms with van der Waals surface area (Å²) in [6.45, 7) is 1.43. The highest BCUT2D eigenvalue weighted by Gasteiger charge is 1.17. The van der Waals surface area contributed by atoms with Crippen LogP contribution in [0.25, 0.3) is 0 Å². The van der Waals surface area contributed by atoms with Crippen molar-refractivity contribution in [3.63, 3.8) is 0 Å². The molecule has 0 unspecified atom stereocenters. The van der Waals surface area contributed by atoms with E-state index in [9.17, 15) is 0 Å². The van der Waals surface area contributed by atoms with Gasteiger partial charge in [0.1, 0.15) is 0 Å². The monoisotopic (exact) mass is 84.0 g/mol. The average molecular weight is 84.1 g/mol.